The molecule has 1 fully saturated rings. The summed E-state index contributed by atoms with van der Waals surface area (Å²) in [5.41, 5.74) is 1.83. The number of likely N-dealkylation sites (tertiary alicyclic amines) is 1. The standard InChI is InChI=1S/C15H21ClN2O/c1-4-15(3)5-7-18(8-6-15)14(19)12-9-11(2)17-13(16)10-12/h9-10H,4-8H2,1-3H3. The van der Waals surface area contributed by atoms with E-state index in [1.807, 2.05) is 17.9 Å². The van der Waals surface area contributed by atoms with Crippen LogP contribution in [0.4, 0.5) is 0 Å². The molecule has 3 nitrogen and oxygen atoms in total. The molecule has 1 aromatic heterocycles. The van der Waals surface area contributed by atoms with Gasteiger partial charge in [-0.15, -0.1) is 0 Å². The molecule has 0 saturated carbocycles. The molecule has 0 unspecified atom stereocenters. The number of hydrogen-bond donors (Lipinski definition) is 0. The molecule has 19 heavy (non-hydrogen) atoms. The van der Waals surface area contributed by atoms with Crippen molar-refractivity contribution in [2.45, 2.75) is 40.0 Å². The van der Waals surface area contributed by atoms with Crippen LogP contribution in [-0.4, -0.2) is 28.9 Å². The Morgan fingerprint density at radius 1 is 1.42 bits per heavy atom. The molecule has 4 heteroatoms. The highest BCUT2D eigenvalue weighted by atomic mass is 35.5. The lowest BCUT2D eigenvalue weighted by Crippen LogP contribution is -2.42. The first-order valence-electron chi connectivity index (χ1n) is 6.87. The Hall–Kier alpha value is -1.09. The minimum Gasteiger partial charge on any atom is -0.339 e. The molecule has 0 spiro atoms. The minimum atomic E-state index is 0.0746. The second-order valence-corrected chi connectivity index (χ2v) is 6.16. The van der Waals surface area contributed by atoms with Crippen molar-refractivity contribution in [3.63, 3.8) is 0 Å². The first-order valence-corrected chi connectivity index (χ1v) is 7.25. The summed E-state index contributed by atoms with van der Waals surface area (Å²) in [4.78, 5) is 18.5. The molecule has 1 aliphatic rings. The van der Waals surface area contributed by atoms with Crippen LogP contribution < -0.4 is 0 Å². The van der Waals surface area contributed by atoms with Crippen LogP contribution in [0.25, 0.3) is 0 Å². The number of aryl methyl sites for hydroxylation is 1. The number of rotatable bonds is 2. The molecule has 1 amide bonds. The number of hydrogen-bond acceptors (Lipinski definition) is 2. The van der Waals surface area contributed by atoms with E-state index in [4.69, 9.17) is 11.6 Å². The van der Waals surface area contributed by atoms with Crippen LogP contribution in [0, 0.1) is 12.3 Å². The van der Waals surface area contributed by atoms with E-state index in [1.165, 1.54) is 6.42 Å². The summed E-state index contributed by atoms with van der Waals surface area (Å²) in [6.07, 6.45) is 3.33. The SMILES string of the molecule is CCC1(C)CCN(C(=O)c2cc(C)nc(Cl)c2)CC1. The van der Waals surface area contributed by atoms with E-state index in [-0.39, 0.29) is 5.91 Å². The molecule has 1 aliphatic heterocycles. The van der Waals surface area contributed by atoms with Crippen LogP contribution in [0.5, 0.6) is 0 Å². The minimum absolute atomic E-state index is 0.0746. The largest absolute Gasteiger partial charge is 0.339 e. The summed E-state index contributed by atoms with van der Waals surface area (Å²) in [6, 6.07) is 3.46. The normalized spacial score (nSPS) is 18.4. The van der Waals surface area contributed by atoms with Crippen molar-refractivity contribution in [2.24, 2.45) is 5.41 Å². The van der Waals surface area contributed by atoms with E-state index in [9.17, 15) is 4.79 Å². The molecule has 0 aromatic carbocycles. The van der Waals surface area contributed by atoms with Gasteiger partial charge in [0.2, 0.25) is 0 Å². The molecule has 0 radical (unpaired) electrons. The number of carbonyl (C=O) groups is 1. The van der Waals surface area contributed by atoms with Crippen molar-refractivity contribution < 1.29 is 4.79 Å². The first-order chi connectivity index (χ1) is 8.93. The zero-order valence-electron chi connectivity index (χ0n) is 11.9. The fourth-order valence-electron chi connectivity index (χ4n) is 2.54. The Bertz CT molecular complexity index is 459. The third-order valence-corrected chi connectivity index (χ3v) is 4.47. The maximum absolute atomic E-state index is 12.4. The van der Waals surface area contributed by atoms with Crippen molar-refractivity contribution in [3.8, 4) is 0 Å². The third kappa shape index (κ3) is 3.27. The van der Waals surface area contributed by atoms with Crippen molar-refractivity contribution in [1.82, 2.24) is 9.88 Å². The van der Waals surface area contributed by atoms with E-state index >= 15 is 0 Å². The maximum Gasteiger partial charge on any atom is 0.254 e. The Morgan fingerprint density at radius 2 is 2.05 bits per heavy atom. The zero-order chi connectivity index (χ0) is 14.0. The highest BCUT2D eigenvalue weighted by Crippen LogP contribution is 2.34. The molecule has 2 heterocycles. The lowest BCUT2D eigenvalue weighted by molar-refractivity contribution is 0.0600. The van der Waals surface area contributed by atoms with Gasteiger partial charge in [-0.3, -0.25) is 4.79 Å². The fourth-order valence-corrected chi connectivity index (χ4v) is 2.79. The topological polar surface area (TPSA) is 33.2 Å². The van der Waals surface area contributed by atoms with Crippen molar-refractivity contribution >= 4 is 17.5 Å². The van der Waals surface area contributed by atoms with E-state index in [2.05, 4.69) is 18.8 Å². The number of aromatic nitrogens is 1. The Balaban J connectivity index is 2.09. The van der Waals surface area contributed by atoms with Gasteiger partial charge in [0.05, 0.1) is 0 Å². The fraction of sp³-hybridized carbons (Fsp3) is 0.600. The van der Waals surface area contributed by atoms with Crippen LogP contribution in [-0.2, 0) is 0 Å². The van der Waals surface area contributed by atoms with E-state index in [0.717, 1.165) is 31.6 Å². The molecular formula is C15H21ClN2O. The molecule has 0 bridgehead atoms. The molecular weight excluding hydrogens is 260 g/mol. The number of pyridine rings is 1. The molecule has 0 aliphatic carbocycles. The smallest absolute Gasteiger partial charge is 0.254 e. The number of halogens is 1. The van der Waals surface area contributed by atoms with Gasteiger partial charge in [0.1, 0.15) is 5.15 Å². The van der Waals surface area contributed by atoms with Crippen molar-refractivity contribution in [3.05, 3.63) is 28.5 Å². The summed E-state index contributed by atoms with van der Waals surface area (Å²) in [6.45, 7) is 8.06. The summed E-state index contributed by atoms with van der Waals surface area (Å²) in [5.74, 6) is 0.0746. The van der Waals surface area contributed by atoms with Gasteiger partial charge in [0, 0.05) is 24.3 Å². The van der Waals surface area contributed by atoms with Gasteiger partial charge in [0.25, 0.3) is 5.91 Å². The van der Waals surface area contributed by atoms with Crippen LogP contribution in [0.15, 0.2) is 12.1 Å². The second kappa shape index (κ2) is 5.49. The van der Waals surface area contributed by atoms with Crippen molar-refractivity contribution in [1.29, 1.82) is 0 Å². The Morgan fingerprint density at radius 3 is 2.58 bits per heavy atom. The van der Waals surface area contributed by atoms with Crippen molar-refractivity contribution in [2.75, 3.05) is 13.1 Å². The molecule has 0 N–H and O–H groups in total. The second-order valence-electron chi connectivity index (χ2n) is 5.78. The average molecular weight is 281 g/mol. The summed E-state index contributed by atoms with van der Waals surface area (Å²) in [7, 11) is 0. The average Bonchev–Trinajstić information content (AvgIpc) is 2.38. The Labute approximate surface area is 120 Å². The van der Waals surface area contributed by atoms with Gasteiger partial charge in [-0.25, -0.2) is 4.98 Å². The molecule has 1 saturated heterocycles. The van der Waals surface area contributed by atoms with Gasteiger partial charge < -0.3 is 4.90 Å². The third-order valence-electron chi connectivity index (χ3n) is 4.28. The van der Waals surface area contributed by atoms with E-state index < -0.39 is 0 Å². The quantitative estimate of drug-likeness (QED) is 0.774. The van der Waals surface area contributed by atoms with Crippen LogP contribution in [0.3, 0.4) is 0 Å². The lowest BCUT2D eigenvalue weighted by Gasteiger charge is -2.39. The molecule has 1 aromatic rings. The molecule has 0 atom stereocenters. The van der Waals surface area contributed by atoms with Gasteiger partial charge in [-0.05, 0) is 37.3 Å². The Kier molecular flexibility index (Phi) is 4.14. The highest BCUT2D eigenvalue weighted by Gasteiger charge is 2.30. The van der Waals surface area contributed by atoms with Crippen LogP contribution in [0.1, 0.15) is 49.2 Å². The number of carbonyl (C=O) groups excluding carboxylic acids is 1. The van der Waals surface area contributed by atoms with Gasteiger partial charge in [-0.1, -0.05) is 31.9 Å². The number of amides is 1. The highest BCUT2D eigenvalue weighted by molar-refractivity contribution is 6.29. The summed E-state index contributed by atoms with van der Waals surface area (Å²) < 4.78 is 0. The predicted molar refractivity (Wildman–Crippen MR) is 77.5 cm³/mol. The predicted octanol–water partition coefficient (Wildman–Crippen LogP) is 3.70. The zero-order valence-corrected chi connectivity index (χ0v) is 12.6. The lowest BCUT2D eigenvalue weighted by atomic mass is 9.78. The molecule has 2 rings (SSSR count). The van der Waals surface area contributed by atoms with E-state index in [0.29, 0.717) is 16.1 Å². The maximum atomic E-state index is 12.4. The first kappa shape index (κ1) is 14.3. The summed E-state index contributed by atoms with van der Waals surface area (Å²) in [5, 5.41) is 0.388. The number of nitrogens with zero attached hydrogens (tertiary/aromatic N) is 2. The van der Waals surface area contributed by atoms with Gasteiger partial charge in [-0.2, -0.15) is 0 Å². The van der Waals surface area contributed by atoms with Crippen LogP contribution >= 0.6 is 11.6 Å². The van der Waals surface area contributed by atoms with Gasteiger partial charge >= 0.3 is 0 Å². The number of piperidine rings is 1. The monoisotopic (exact) mass is 280 g/mol. The van der Waals surface area contributed by atoms with E-state index in [1.54, 1.807) is 6.07 Å². The van der Waals surface area contributed by atoms with Gasteiger partial charge in [0.15, 0.2) is 0 Å². The summed E-state index contributed by atoms with van der Waals surface area (Å²) >= 11 is 5.92. The molecule has 104 valence electrons. The van der Waals surface area contributed by atoms with Crippen LogP contribution in [0.2, 0.25) is 5.15 Å².